The number of cyclic esters (lactones) is 1. The number of rotatable bonds is 6. The van der Waals surface area contributed by atoms with E-state index in [1.54, 1.807) is 11.0 Å². The smallest absolute Gasteiger partial charge is 0.409 e. The number of hydrogen-bond donors (Lipinski definition) is 2. The van der Waals surface area contributed by atoms with Gasteiger partial charge in [0.15, 0.2) is 11.4 Å². The summed E-state index contributed by atoms with van der Waals surface area (Å²) in [6.07, 6.45) is 1.36. The number of aromatic nitrogens is 2. The Balaban J connectivity index is 1.57. The second-order valence-corrected chi connectivity index (χ2v) is 5.47. The van der Waals surface area contributed by atoms with Gasteiger partial charge >= 0.3 is 6.09 Å². The Labute approximate surface area is 142 Å². The van der Waals surface area contributed by atoms with E-state index in [2.05, 4.69) is 10.4 Å². The van der Waals surface area contributed by atoms with E-state index < -0.39 is 11.7 Å². The van der Waals surface area contributed by atoms with E-state index in [1.807, 2.05) is 0 Å². The Hall–Kier alpha value is -3.10. The van der Waals surface area contributed by atoms with E-state index in [9.17, 15) is 19.1 Å². The van der Waals surface area contributed by atoms with Crippen molar-refractivity contribution in [3.05, 3.63) is 42.0 Å². The molecule has 0 spiro atoms. The zero-order valence-corrected chi connectivity index (χ0v) is 13.3. The normalized spacial score (nSPS) is 13.8. The van der Waals surface area contributed by atoms with E-state index in [0.29, 0.717) is 32.7 Å². The van der Waals surface area contributed by atoms with Gasteiger partial charge in [0.05, 0.1) is 12.7 Å². The standard InChI is InChI=1S/C16H17FN4O4/c17-11-4-1-2-5-12(11)21-10-13(22)14(19-21)15(23)18-6-3-7-20-8-9-25-16(20)24/h1-2,4-5,10,22H,3,6-9H2,(H,18,23). The third-order valence-corrected chi connectivity index (χ3v) is 3.74. The van der Waals surface area contributed by atoms with Gasteiger partial charge < -0.3 is 20.1 Å². The van der Waals surface area contributed by atoms with Gasteiger partial charge in [0.25, 0.3) is 5.91 Å². The molecule has 2 N–H and O–H groups in total. The number of aromatic hydroxyl groups is 1. The number of halogens is 1. The van der Waals surface area contributed by atoms with Crippen LogP contribution in [0.3, 0.4) is 0 Å². The van der Waals surface area contributed by atoms with Crippen LogP contribution in [-0.4, -0.2) is 58.0 Å². The van der Waals surface area contributed by atoms with Crippen LogP contribution in [0.25, 0.3) is 5.69 Å². The number of para-hydroxylation sites is 1. The number of hydrogen-bond acceptors (Lipinski definition) is 5. The first kappa shape index (κ1) is 16.7. The molecule has 0 aliphatic carbocycles. The first-order valence-electron chi connectivity index (χ1n) is 7.79. The molecule has 8 nitrogen and oxygen atoms in total. The van der Waals surface area contributed by atoms with Crippen molar-refractivity contribution >= 4 is 12.0 Å². The van der Waals surface area contributed by atoms with Crippen LogP contribution in [0.5, 0.6) is 5.75 Å². The molecule has 2 heterocycles. The molecule has 25 heavy (non-hydrogen) atoms. The lowest BCUT2D eigenvalue weighted by atomic mass is 10.3. The Morgan fingerprint density at radius 3 is 2.92 bits per heavy atom. The van der Waals surface area contributed by atoms with Crippen molar-refractivity contribution in [2.45, 2.75) is 6.42 Å². The van der Waals surface area contributed by atoms with Crippen molar-refractivity contribution < 1.29 is 23.8 Å². The summed E-state index contributed by atoms with van der Waals surface area (Å²) in [6, 6.07) is 5.90. The SMILES string of the molecule is O=C(NCCCN1CCOC1=O)c1nn(-c2ccccc2F)cc1O. The number of carbonyl (C=O) groups excluding carboxylic acids is 2. The maximum absolute atomic E-state index is 13.8. The van der Waals surface area contributed by atoms with Crippen LogP contribution in [0.1, 0.15) is 16.9 Å². The van der Waals surface area contributed by atoms with E-state index in [1.165, 1.54) is 24.4 Å². The van der Waals surface area contributed by atoms with Gasteiger partial charge in [-0.2, -0.15) is 5.10 Å². The third-order valence-electron chi connectivity index (χ3n) is 3.74. The second kappa shape index (κ2) is 7.20. The average Bonchev–Trinajstić information content (AvgIpc) is 3.18. The molecular weight excluding hydrogens is 331 g/mol. The van der Waals surface area contributed by atoms with Crippen LogP contribution in [-0.2, 0) is 4.74 Å². The second-order valence-electron chi connectivity index (χ2n) is 5.47. The Kier molecular flexibility index (Phi) is 4.82. The largest absolute Gasteiger partial charge is 0.504 e. The topological polar surface area (TPSA) is 96.7 Å². The molecule has 1 aliphatic rings. The van der Waals surface area contributed by atoms with E-state index in [-0.39, 0.29) is 23.2 Å². The van der Waals surface area contributed by atoms with Crippen LogP contribution >= 0.6 is 0 Å². The minimum atomic E-state index is -0.573. The third kappa shape index (κ3) is 3.70. The number of nitrogens with zero attached hydrogens (tertiary/aromatic N) is 3. The molecule has 3 rings (SSSR count). The van der Waals surface area contributed by atoms with Crippen LogP contribution in [0.15, 0.2) is 30.5 Å². The van der Waals surface area contributed by atoms with Gasteiger partial charge in [-0.15, -0.1) is 0 Å². The maximum Gasteiger partial charge on any atom is 0.409 e. The molecule has 1 fully saturated rings. The van der Waals surface area contributed by atoms with E-state index >= 15 is 0 Å². The number of benzene rings is 1. The van der Waals surface area contributed by atoms with E-state index in [4.69, 9.17) is 4.74 Å². The molecule has 0 unspecified atom stereocenters. The highest BCUT2D eigenvalue weighted by atomic mass is 19.1. The molecule has 0 bridgehead atoms. The van der Waals surface area contributed by atoms with Gasteiger partial charge in [-0.1, -0.05) is 12.1 Å². The predicted molar refractivity (Wildman–Crippen MR) is 85.1 cm³/mol. The Morgan fingerprint density at radius 1 is 1.40 bits per heavy atom. The van der Waals surface area contributed by atoms with Gasteiger partial charge in [-0.05, 0) is 18.6 Å². The predicted octanol–water partition coefficient (Wildman–Crippen LogP) is 1.29. The summed E-state index contributed by atoms with van der Waals surface area (Å²) < 4.78 is 19.7. The lowest BCUT2D eigenvalue weighted by molar-refractivity contribution is 0.0944. The summed E-state index contributed by atoms with van der Waals surface area (Å²) in [6.45, 7) is 1.69. The summed E-state index contributed by atoms with van der Waals surface area (Å²) in [5, 5.41) is 16.4. The number of ether oxygens (including phenoxy) is 1. The van der Waals surface area contributed by atoms with Crippen molar-refractivity contribution in [1.82, 2.24) is 20.0 Å². The molecule has 1 aromatic carbocycles. The minimum absolute atomic E-state index is 0.129. The maximum atomic E-state index is 13.8. The van der Waals surface area contributed by atoms with Crippen molar-refractivity contribution in [3.8, 4) is 11.4 Å². The minimum Gasteiger partial charge on any atom is -0.504 e. The quantitative estimate of drug-likeness (QED) is 0.767. The van der Waals surface area contributed by atoms with Gasteiger partial charge in [0.1, 0.15) is 18.1 Å². The summed E-state index contributed by atoms with van der Waals surface area (Å²) in [5.41, 5.74) is -0.0618. The summed E-state index contributed by atoms with van der Waals surface area (Å²) in [5.74, 6) is -1.44. The van der Waals surface area contributed by atoms with Crippen LogP contribution in [0, 0.1) is 5.82 Å². The van der Waals surface area contributed by atoms with E-state index in [0.717, 1.165) is 4.68 Å². The number of amides is 2. The summed E-state index contributed by atoms with van der Waals surface area (Å²) >= 11 is 0. The van der Waals surface area contributed by atoms with Gasteiger partial charge in [0.2, 0.25) is 0 Å². The fraction of sp³-hybridized carbons (Fsp3) is 0.312. The molecule has 1 saturated heterocycles. The van der Waals surface area contributed by atoms with Gasteiger partial charge in [-0.3, -0.25) is 4.79 Å². The molecule has 2 aromatic rings. The van der Waals surface area contributed by atoms with Crippen molar-refractivity contribution in [1.29, 1.82) is 0 Å². The highest BCUT2D eigenvalue weighted by molar-refractivity contribution is 5.94. The average molecular weight is 348 g/mol. The van der Waals surface area contributed by atoms with Gasteiger partial charge in [0, 0.05) is 13.1 Å². The zero-order valence-electron chi connectivity index (χ0n) is 13.3. The van der Waals surface area contributed by atoms with Crippen LogP contribution < -0.4 is 5.32 Å². The van der Waals surface area contributed by atoms with Crippen molar-refractivity contribution in [3.63, 3.8) is 0 Å². The van der Waals surface area contributed by atoms with Gasteiger partial charge in [-0.25, -0.2) is 13.9 Å². The fourth-order valence-corrected chi connectivity index (χ4v) is 2.47. The fourth-order valence-electron chi connectivity index (χ4n) is 2.47. The Bertz CT molecular complexity index is 792. The zero-order chi connectivity index (χ0) is 17.8. The first-order valence-corrected chi connectivity index (χ1v) is 7.79. The van der Waals surface area contributed by atoms with Crippen LogP contribution in [0.4, 0.5) is 9.18 Å². The lowest BCUT2D eigenvalue weighted by Crippen LogP contribution is -2.30. The summed E-state index contributed by atoms with van der Waals surface area (Å²) in [4.78, 5) is 24.9. The number of nitrogens with one attached hydrogen (secondary N) is 1. The first-order chi connectivity index (χ1) is 12.1. The molecule has 132 valence electrons. The molecule has 1 aromatic heterocycles. The van der Waals surface area contributed by atoms with Crippen molar-refractivity contribution in [2.24, 2.45) is 0 Å². The highest BCUT2D eigenvalue weighted by Gasteiger charge is 2.21. The monoisotopic (exact) mass is 348 g/mol. The Morgan fingerprint density at radius 2 is 2.20 bits per heavy atom. The molecular formula is C16H17FN4O4. The molecule has 2 amide bonds. The van der Waals surface area contributed by atoms with Crippen molar-refractivity contribution in [2.75, 3.05) is 26.2 Å². The lowest BCUT2D eigenvalue weighted by Gasteiger charge is -2.12. The molecule has 0 radical (unpaired) electrons. The summed E-state index contributed by atoms with van der Waals surface area (Å²) in [7, 11) is 0. The number of carbonyl (C=O) groups is 2. The highest BCUT2D eigenvalue weighted by Crippen LogP contribution is 2.19. The molecule has 0 atom stereocenters. The molecule has 0 saturated carbocycles. The molecule has 9 heteroatoms. The van der Waals surface area contributed by atoms with Crippen LogP contribution in [0.2, 0.25) is 0 Å². The molecule has 1 aliphatic heterocycles.